The highest BCUT2D eigenvalue weighted by molar-refractivity contribution is 9.10. The van der Waals surface area contributed by atoms with Gasteiger partial charge in [-0.2, -0.15) is 0 Å². The van der Waals surface area contributed by atoms with E-state index in [9.17, 15) is 4.79 Å². The largest absolute Gasteiger partial charge is 0.449 e. The zero-order chi connectivity index (χ0) is 20.9. The number of hydrogen-bond donors (Lipinski definition) is 1. The Morgan fingerprint density at radius 1 is 1.03 bits per heavy atom. The van der Waals surface area contributed by atoms with Crippen molar-refractivity contribution < 1.29 is 9.53 Å². The van der Waals surface area contributed by atoms with Crippen molar-refractivity contribution in [2.75, 3.05) is 13.2 Å². The molecule has 0 spiro atoms. The van der Waals surface area contributed by atoms with Crippen molar-refractivity contribution in [2.45, 2.75) is 12.3 Å². The van der Waals surface area contributed by atoms with E-state index in [1.165, 1.54) is 22.3 Å². The van der Waals surface area contributed by atoms with Crippen LogP contribution in [0.15, 0.2) is 71.2 Å². The fraction of sp³-hybridized carbons (Fsp3) is 0.160. The normalized spacial score (nSPS) is 11.8. The zero-order valence-corrected chi connectivity index (χ0v) is 18.5. The summed E-state index contributed by atoms with van der Waals surface area (Å²) in [7, 11) is 0. The van der Waals surface area contributed by atoms with Gasteiger partial charge in [0.1, 0.15) is 6.61 Å². The standard InChI is InChI=1S/C25H19BrClNO2/c26-18-13-12-17(24(27)15-18)7-5-6-14-28-25(29)30-16-23-21-10-3-1-8-19(21)20-9-2-4-11-22(20)23/h1-4,8-13,15,23H,6,14,16H2,(H,28,29). The molecule has 0 heterocycles. The lowest BCUT2D eigenvalue weighted by Crippen LogP contribution is -2.26. The maximum Gasteiger partial charge on any atom is 0.407 e. The molecule has 1 aliphatic rings. The lowest BCUT2D eigenvalue weighted by atomic mass is 9.98. The molecular formula is C25H19BrClNO2. The molecule has 1 aliphatic carbocycles. The van der Waals surface area contributed by atoms with Gasteiger partial charge in [-0.1, -0.05) is 87.9 Å². The maximum absolute atomic E-state index is 12.1. The Kier molecular flexibility index (Phi) is 6.42. The van der Waals surface area contributed by atoms with Crippen LogP contribution >= 0.6 is 27.5 Å². The van der Waals surface area contributed by atoms with Crippen molar-refractivity contribution in [3.05, 3.63) is 92.9 Å². The van der Waals surface area contributed by atoms with E-state index in [2.05, 4.69) is 57.4 Å². The van der Waals surface area contributed by atoms with Gasteiger partial charge >= 0.3 is 6.09 Å². The van der Waals surface area contributed by atoms with E-state index in [4.69, 9.17) is 16.3 Å². The number of carbonyl (C=O) groups is 1. The third kappa shape index (κ3) is 4.53. The fourth-order valence-electron chi connectivity index (χ4n) is 3.63. The highest BCUT2D eigenvalue weighted by atomic mass is 79.9. The van der Waals surface area contributed by atoms with Crippen LogP contribution in [-0.4, -0.2) is 19.2 Å². The highest BCUT2D eigenvalue weighted by Crippen LogP contribution is 2.44. The molecule has 1 N–H and O–H groups in total. The second-order valence-corrected chi connectivity index (χ2v) is 8.25. The topological polar surface area (TPSA) is 38.3 Å². The molecule has 3 aromatic carbocycles. The summed E-state index contributed by atoms with van der Waals surface area (Å²) in [5, 5.41) is 3.36. The van der Waals surface area contributed by atoms with E-state index >= 15 is 0 Å². The molecule has 30 heavy (non-hydrogen) atoms. The average molecular weight is 481 g/mol. The number of halogens is 2. The van der Waals surface area contributed by atoms with Crippen LogP contribution in [0.4, 0.5) is 4.79 Å². The van der Waals surface area contributed by atoms with Gasteiger partial charge in [-0.25, -0.2) is 4.79 Å². The van der Waals surface area contributed by atoms with Gasteiger partial charge in [0, 0.05) is 28.9 Å². The Morgan fingerprint density at radius 2 is 1.70 bits per heavy atom. The van der Waals surface area contributed by atoms with Crippen molar-refractivity contribution in [1.29, 1.82) is 0 Å². The van der Waals surface area contributed by atoms with Crippen molar-refractivity contribution in [3.8, 4) is 23.0 Å². The molecule has 5 heteroatoms. The summed E-state index contributed by atoms with van der Waals surface area (Å²) in [6.45, 7) is 0.720. The number of rotatable bonds is 4. The van der Waals surface area contributed by atoms with Crippen LogP contribution in [0.25, 0.3) is 11.1 Å². The average Bonchev–Trinajstić information content (AvgIpc) is 3.07. The number of nitrogens with one attached hydrogen (secondary N) is 1. The maximum atomic E-state index is 12.1. The number of ether oxygens (including phenoxy) is 1. The summed E-state index contributed by atoms with van der Waals surface area (Å²) >= 11 is 9.51. The van der Waals surface area contributed by atoms with Crippen molar-refractivity contribution in [2.24, 2.45) is 0 Å². The Balaban J connectivity index is 1.29. The van der Waals surface area contributed by atoms with Crippen LogP contribution in [0, 0.1) is 11.8 Å². The first kappa shape index (κ1) is 20.5. The Bertz CT molecular complexity index is 1100. The van der Waals surface area contributed by atoms with Crippen LogP contribution < -0.4 is 5.32 Å². The monoisotopic (exact) mass is 479 g/mol. The molecule has 4 rings (SSSR count). The molecule has 0 fully saturated rings. The van der Waals surface area contributed by atoms with Gasteiger partial charge in [-0.3, -0.25) is 0 Å². The van der Waals surface area contributed by atoms with Crippen LogP contribution in [0.3, 0.4) is 0 Å². The van der Waals surface area contributed by atoms with Gasteiger partial charge in [0.2, 0.25) is 0 Å². The van der Waals surface area contributed by atoms with Gasteiger partial charge in [0.05, 0.1) is 5.02 Å². The number of amides is 1. The van der Waals surface area contributed by atoms with E-state index in [-0.39, 0.29) is 5.92 Å². The van der Waals surface area contributed by atoms with Crippen LogP contribution in [0.1, 0.15) is 29.0 Å². The lowest BCUT2D eigenvalue weighted by Gasteiger charge is -2.14. The molecule has 150 valence electrons. The Labute approximate surface area is 189 Å². The van der Waals surface area contributed by atoms with Gasteiger partial charge < -0.3 is 10.1 Å². The first-order valence-corrected chi connectivity index (χ1v) is 10.8. The quantitative estimate of drug-likeness (QED) is 0.347. The third-order valence-corrected chi connectivity index (χ3v) is 5.82. The second-order valence-electron chi connectivity index (χ2n) is 6.93. The number of hydrogen-bond acceptors (Lipinski definition) is 2. The fourth-order valence-corrected chi connectivity index (χ4v) is 4.35. The van der Waals surface area contributed by atoms with Crippen molar-refractivity contribution >= 4 is 33.6 Å². The van der Waals surface area contributed by atoms with E-state index < -0.39 is 6.09 Å². The summed E-state index contributed by atoms with van der Waals surface area (Å²) in [5.41, 5.74) is 5.58. The predicted molar refractivity (Wildman–Crippen MR) is 124 cm³/mol. The summed E-state index contributed by atoms with van der Waals surface area (Å²) in [5.74, 6) is 6.10. The molecule has 0 saturated carbocycles. The van der Waals surface area contributed by atoms with Gasteiger partial charge in [0.25, 0.3) is 0 Å². The summed E-state index contributed by atoms with van der Waals surface area (Å²) < 4.78 is 6.42. The summed E-state index contributed by atoms with van der Waals surface area (Å²) in [6.07, 6.45) is 0.0803. The predicted octanol–water partition coefficient (Wildman–Crippen LogP) is 6.38. The molecule has 0 atom stereocenters. The van der Waals surface area contributed by atoms with E-state index in [1.54, 1.807) is 6.07 Å². The molecule has 3 nitrogen and oxygen atoms in total. The van der Waals surface area contributed by atoms with Crippen molar-refractivity contribution in [1.82, 2.24) is 5.32 Å². The van der Waals surface area contributed by atoms with Crippen LogP contribution in [-0.2, 0) is 4.74 Å². The number of fused-ring (bicyclic) bond motifs is 3. The molecule has 0 aliphatic heterocycles. The Hall–Kier alpha value is -2.74. The second kappa shape index (κ2) is 9.38. The summed E-state index contributed by atoms with van der Waals surface area (Å²) in [6, 6.07) is 22.1. The van der Waals surface area contributed by atoms with Crippen LogP contribution in [0.5, 0.6) is 0 Å². The third-order valence-electron chi connectivity index (χ3n) is 5.02. The van der Waals surface area contributed by atoms with Gasteiger partial charge in [-0.05, 0) is 40.5 Å². The number of benzene rings is 3. The number of alkyl carbamates (subject to hydrolysis) is 1. The molecule has 1 amide bonds. The summed E-state index contributed by atoms with van der Waals surface area (Å²) in [4.78, 5) is 12.1. The minimum Gasteiger partial charge on any atom is -0.449 e. The van der Waals surface area contributed by atoms with E-state index in [0.29, 0.717) is 24.6 Å². The zero-order valence-electron chi connectivity index (χ0n) is 16.1. The minimum absolute atomic E-state index is 0.0579. The molecule has 0 saturated heterocycles. The first-order chi connectivity index (χ1) is 14.6. The first-order valence-electron chi connectivity index (χ1n) is 9.66. The Morgan fingerprint density at radius 3 is 2.37 bits per heavy atom. The minimum atomic E-state index is -0.430. The van der Waals surface area contributed by atoms with E-state index in [1.807, 2.05) is 36.4 Å². The molecule has 0 unspecified atom stereocenters. The molecule has 0 radical (unpaired) electrons. The molecule has 0 bridgehead atoms. The number of carbonyl (C=O) groups excluding carboxylic acids is 1. The lowest BCUT2D eigenvalue weighted by molar-refractivity contribution is 0.143. The molecular weight excluding hydrogens is 462 g/mol. The molecule has 3 aromatic rings. The van der Waals surface area contributed by atoms with Crippen molar-refractivity contribution in [3.63, 3.8) is 0 Å². The van der Waals surface area contributed by atoms with Gasteiger partial charge in [-0.15, -0.1) is 0 Å². The van der Waals surface area contributed by atoms with Crippen LogP contribution in [0.2, 0.25) is 5.02 Å². The van der Waals surface area contributed by atoms with E-state index in [0.717, 1.165) is 10.0 Å². The molecule has 0 aromatic heterocycles. The smallest absolute Gasteiger partial charge is 0.407 e. The van der Waals surface area contributed by atoms with Gasteiger partial charge in [0.15, 0.2) is 0 Å². The SMILES string of the molecule is O=C(NCCC#Cc1ccc(Br)cc1Cl)OCC1c2ccccc2-c2ccccc21. The highest BCUT2D eigenvalue weighted by Gasteiger charge is 2.28.